The van der Waals surface area contributed by atoms with Crippen LogP contribution in [0.3, 0.4) is 0 Å². The second-order valence-corrected chi connectivity index (χ2v) is 20.2. The minimum absolute atomic E-state index is 0.00771. The average molecular weight is 1040 g/mol. The third-order valence-corrected chi connectivity index (χ3v) is 16.0. The Hall–Kier alpha value is -6.15. The number of carbonyl (C=O) groups excluding carboxylic acids is 4. The maximum atomic E-state index is 13.5. The summed E-state index contributed by atoms with van der Waals surface area (Å²) in [6.07, 6.45) is -0.961. The van der Waals surface area contributed by atoms with Gasteiger partial charge in [-0.25, -0.2) is 18.7 Å². The van der Waals surface area contributed by atoms with Crippen molar-refractivity contribution in [3.8, 4) is 17.5 Å². The lowest BCUT2D eigenvalue weighted by Gasteiger charge is -2.39. The summed E-state index contributed by atoms with van der Waals surface area (Å²) in [7, 11) is 0. The van der Waals surface area contributed by atoms with Gasteiger partial charge < -0.3 is 20.1 Å². The number of H-pyrrole nitrogens is 1. The Balaban J connectivity index is 0.000000174. The van der Waals surface area contributed by atoms with Gasteiger partial charge in [-0.3, -0.25) is 24.3 Å². The third-order valence-electron chi connectivity index (χ3n) is 11.1. The number of thiophene rings is 2. The number of carbonyl (C=O) groups is 4. The fourth-order valence-corrected chi connectivity index (χ4v) is 11.9. The molecule has 8 aromatic rings. The van der Waals surface area contributed by atoms with Crippen molar-refractivity contribution in [2.24, 2.45) is 0 Å². The Labute approximate surface area is 419 Å². The Kier molecular flexibility index (Phi) is 14.5. The van der Waals surface area contributed by atoms with Crippen LogP contribution in [0.4, 0.5) is 8.78 Å². The quantitative estimate of drug-likeness (QED) is 0.0941. The number of Topliss-reactive ketones (excluding diaryl/α,β-unsaturated/α-hetero) is 2. The number of ether oxygens (including phenoxy) is 2. The summed E-state index contributed by atoms with van der Waals surface area (Å²) in [5, 5.41) is 20.5. The number of pyridine rings is 2. The van der Waals surface area contributed by atoms with E-state index in [0.29, 0.717) is 48.4 Å². The van der Waals surface area contributed by atoms with E-state index in [9.17, 15) is 28.0 Å². The molecule has 12 nitrogen and oxygen atoms in total. The van der Waals surface area contributed by atoms with Crippen LogP contribution < -0.4 is 20.1 Å². The van der Waals surface area contributed by atoms with Gasteiger partial charge in [0.15, 0.2) is 18.2 Å². The van der Waals surface area contributed by atoms with Crippen molar-refractivity contribution < 1.29 is 37.4 Å². The number of hydrogen-bond donors (Lipinski definition) is 3. The first-order valence-corrected chi connectivity index (χ1v) is 25.4. The number of piperidine rings is 2. The lowest BCUT2D eigenvalue weighted by atomic mass is 9.79. The predicted octanol–water partition coefficient (Wildman–Crippen LogP) is 10.9. The molecular formula is C49H36Cl2F2N6O6S4. The van der Waals surface area contributed by atoms with Gasteiger partial charge in [0.1, 0.15) is 27.3 Å². The van der Waals surface area contributed by atoms with E-state index in [4.69, 9.17) is 37.7 Å². The molecule has 2 aliphatic heterocycles. The Bertz CT molecular complexity index is 3120. The summed E-state index contributed by atoms with van der Waals surface area (Å²) in [6.45, 7) is -0.802. The molecule has 0 aliphatic carbocycles. The molecule has 3 aromatic carbocycles. The molecule has 0 radical (unpaired) electrons. The van der Waals surface area contributed by atoms with Crippen molar-refractivity contribution in [1.29, 1.82) is 0 Å². The summed E-state index contributed by atoms with van der Waals surface area (Å²) >= 11 is 17.7. The number of benzene rings is 3. The van der Waals surface area contributed by atoms with E-state index in [1.165, 1.54) is 28.7 Å². The van der Waals surface area contributed by atoms with E-state index in [-0.39, 0.29) is 36.2 Å². The summed E-state index contributed by atoms with van der Waals surface area (Å²) < 4.78 is 36.3. The number of halogens is 4. The Morgan fingerprint density at radius 1 is 0.667 bits per heavy atom. The summed E-state index contributed by atoms with van der Waals surface area (Å²) in [5.74, 6) is -0.411. The molecule has 0 bridgehead atoms. The van der Waals surface area contributed by atoms with E-state index < -0.39 is 40.5 Å². The summed E-state index contributed by atoms with van der Waals surface area (Å²) in [4.78, 5) is 63.7. The van der Waals surface area contributed by atoms with Crippen LogP contribution in [0, 0.1) is 0 Å². The number of ketones is 2. The highest BCUT2D eigenvalue weighted by Crippen LogP contribution is 2.43. The molecule has 7 heterocycles. The molecule has 5 aromatic heterocycles. The molecule has 4 atom stereocenters. The maximum Gasteiger partial charge on any atom is 0.272 e. The van der Waals surface area contributed by atoms with Gasteiger partial charge in [-0.05, 0) is 93.3 Å². The number of hydrogen-bond acceptors (Lipinski definition) is 13. The molecule has 350 valence electrons. The number of rotatable bonds is 13. The number of alkyl halides is 2. The van der Waals surface area contributed by atoms with Crippen molar-refractivity contribution in [2.45, 2.75) is 50.6 Å². The first-order chi connectivity index (χ1) is 33.4. The molecule has 0 saturated carbocycles. The van der Waals surface area contributed by atoms with Gasteiger partial charge in [-0.1, -0.05) is 65.7 Å². The maximum absolute atomic E-state index is 13.5. The number of aromatic nitrogens is 4. The van der Waals surface area contributed by atoms with Gasteiger partial charge in [0, 0.05) is 34.8 Å². The first-order valence-electron chi connectivity index (χ1n) is 21.0. The van der Waals surface area contributed by atoms with Crippen molar-refractivity contribution in [2.75, 3.05) is 6.61 Å². The van der Waals surface area contributed by atoms with Crippen LogP contribution in [-0.4, -0.2) is 67.1 Å². The van der Waals surface area contributed by atoms with Crippen LogP contribution in [-0.2, 0) is 30.3 Å². The summed E-state index contributed by atoms with van der Waals surface area (Å²) in [5.41, 5.74) is 0.834. The molecule has 2 amide bonds. The smallest absolute Gasteiger partial charge is 0.272 e. The zero-order chi connectivity index (χ0) is 48.1. The second kappa shape index (κ2) is 20.8. The number of thioether (sulfide) groups is 2. The predicted molar refractivity (Wildman–Crippen MR) is 264 cm³/mol. The largest absolute Gasteiger partial charge is 0.472 e. The van der Waals surface area contributed by atoms with Crippen molar-refractivity contribution in [3.63, 3.8) is 0 Å². The second-order valence-electron chi connectivity index (χ2n) is 15.6. The minimum Gasteiger partial charge on any atom is -0.472 e. The van der Waals surface area contributed by atoms with Crippen LogP contribution in [0.1, 0.15) is 35.4 Å². The van der Waals surface area contributed by atoms with Crippen molar-refractivity contribution in [3.05, 3.63) is 176 Å². The highest BCUT2D eigenvalue weighted by Gasteiger charge is 2.50. The molecule has 2 fully saturated rings. The fourth-order valence-electron chi connectivity index (χ4n) is 7.92. The molecule has 2 aliphatic rings. The Morgan fingerprint density at radius 2 is 1.19 bits per heavy atom. The summed E-state index contributed by atoms with van der Waals surface area (Å²) in [6, 6.07) is 33.5. The van der Waals surface area contributed by atoms with E-state index in [1.54, 1.807) is 72.9 Å². The van der Waals surface area contributed by atoms with E-state index >= 15 is 0 Å². The molecule has 0 spiro atoms. The topological polar surface area (TPSA) is 165 Å². The van der Waals surface area contributed by atoms with E-state index in [1.807, 2.05) is 64.0 Å². The van der Waals surface area contributed by atoms with Crippen molar-refractivity contribution in [1.82, 2.24) is 30.8 Å². The SMILES string of the molecule is O=C1CC(c2ccsc2)(c2cccc(OCC(F)F)n2)NC(=O)C1Sc1ccccc1Cl.O=C1CC(c2ccsc2)(c2cccc(Oc3cccc4[nH]ncc34)n2)NC(=O)C1Sc1ccccc1Cl. The van der Waals surface area contributed by atoms with Crippen LogP contribution in [0.5, 0.6) is 17.5 Å². The molecular weight excluding hydrogens is 1010 g/mol. The lowest BCUT2D eigenvalue weighted by molar-refractivity contribution is -0.134. The molecule has 20 heteroatoms. The highest BCUT2D eigenvalue weighted by molar-refractivity contribution is 8.01. The van der Waals surface area contributed by atoms with Gasteiger partial charge in [-0.2, -0.15) is 27.8 Å². The molecule has 69 heavy (non-hydrogen) atoms. The third kappa shape index (κ3) is 10.3. The monoisotopic (exact) mass is 1040 g/mol. The standard InChI is InChI=1S/C27H19ClN4O3S2.C22H17ClF2N2O3S2/c28-18-5-1-2-8-22(18)37-25-20(33)13-27(31-26(25)34,16-11-12-36-15-16)23-9-4-10-24(30-23)35-21-7-3-6-19-17(21)14-29-32-19;23-14-4-1-2-5-16(14)32-20-15(28)10-22(27-21(20)29,13-8-9-31-12-13)17-6-3-7-19(26-17)30-11-18(24)25/h1-12,14-15,25H,13H2,(H,29,32)(H,31,34);1-9,12,18,20H,10-11H2,(H,27,29). The Morgan fingerprint density at radius 3 is 1.70 bits per heavy atom. The fraction of sp³-hybridized carbons (Fsp3) is 0.163. The number of amides is 2. The van der Waals surface area contributed by atoms with Gasteiger partial charge >= 0.3 is 0 Å². The van der Waals surface area contributed by atoms with Gasteiger partial charge in [0.05, 0.1) is 38.5 Å². The van der Waals surface area contributed by atoms with Crippen LogP contribution >= 0.6 is 69.4 Å². The highest BCUT2D eigenvalue weighted by atomic mass is 35.5. The van der Waals surface area contributed by atoms with Crippen LogP contribution in [0.15, 0.2) is 153 Å². The molecule has 2 saturated heterocycles. The van der Waals surface area contributed by atoms with Gasteiger partial charge in [0.2, 0.25) is 23.6 Å². The van der Waals surface area contributed by atoms with Crippen LogP contribution in [0.2, 0.25) is 10.0 Å². The number of nitrogens with zero attached hydrogens (tertiary/aromatic N) is 3. The number of aromatic amines is 1. The molecule has 10 rings (SSSR count). The van der Waals surface area contributed by atoms with E-state index in [0.717, 1.165) is 40.0 Å². The van der Waals surface area contributed by atoms with Gasteiger partial charge in [0.25, 0.3) is 6.43 Å². The number of fused-ring (bicyclic) bond motifs is 1. The molecule has 3 N–H and O–H groups in total. The lowest BCUT2D eigenvalue weighted by Crippen LogP contribution is -2.58. The number of nitrogens with one attached hydrogen (secondary N) is 3. The zero-order valence-electron chi connectivity index (χ0n) is 35.6. The average Bonchev–Trinajstić information content (AvgIpc) is 4.18. The molecule has 4 unspecified atom stereocenters. The normalized spacial score (nSPS) is 20.2. The van der Waals surface area contributed by atoms with E-state index in [2.05, 4.69) is 25.8 Å². The van der Waals surface area contributed by atoms with Crippen LogP contribution in [0.25, 0.3) is 10.9 Å². The first kappa shape index (κ1) is 47.9. The zero-order valence-corrected chi connectivity index (χ0v) is 40.4. The van der Waals surface area contributed by atoms with Gasteiger partial charge in [-0.15, -0.1) is 23.5 Å². The minimum atomic E-state index is -2.65. The van der Waals surface area contributed by atoms with Crippen molar-refractivity contribution >= 4 is 104 Å².